The van der Waals surface area contributed by atoms with Gasteiger partial charge in [0.2, 0.25) is 20.0 Å². The molecule has 0 spiro atoms. The summed E-state index contributed by atoms with van der Waals surface area (Å²) in [4.78, 5) is 21.4. The summed E-state index contributed by atoms with van der Waals surface area (Å²) in [6.45, 7) is 3.32. The van der Waals surface area contributed by atoms with Gasteiger partial charge in [-0.05, 0) is 37.1 Å². The van der Waals surface area contributed by atoms with E-state index < -0.39 is 60.4 Å². The van der Waals surface area contributed by atoms with Crippen LogP contribution in [0.5, 0.6) is 0 Å². The summed E-state index contributed by atoms with van der Waals surface area (Å²) in [5, 5.41) is 17.2. The quantitative estimate of drug-likeness (QED) is 0.340. The molecule has 0 saturated carbocycles. The highest BCUT2D eigenvalue weighted by Crippen LogP contribution is 2.26. The van der Waals surface area contributed by atoms with Crippen LogP contribution in [0.3, 0.4) is 0 Å². The molecule has 2 rings (SSSR count). The van der Waals surface area contributed by atoms with Crippen LogP contribution < -0.4 is 9.44 Å². The lowest BCUT2D eigenvalue weighted by molar-refractivity contribution is 0.0681. The van der Waals surface area contributed by atoms with Crippen LogP contribution in [-0.4, -0.2) is 50.5 Å². The highest BCUT2D eigenvalue weighted by molar-refractivity contribution is 7.92. The molecule has 0 amide bonds. The van der Waals surface area contributed by atoms with E-state index in [2.05, 4.69) is 0 Å². The van der Waals surface area contributed by atoms with Gasteiger partial charge >= 0.3 is 11.9 Å². The second kappa shape index (κ2) is 12.7. The number of halogens is 3. The molecule has 0 fully saturated rings. The number of aromatic carboxylic acids is 2. The zero-order chi connectivity index (χ0) is 27.0. The number of sulfonamides is 2. The molecular formula is C20H23ClF2N2O8S2. The third-order valence-corrected chi connectivity index (χ3v) is 7.28. The van der Waals surface area contributed by atoms with Crippen molar-refractivity contribution in [2.45, 2.75) is 26.7 Å². The molecule has 0 aliphatic carbocycles. The molecular weight excluding hydrogens is 534 g/mol. The van der Waals surface area contributed by atoms with Gasteiger partial charge in [-0.15, -0.1) is 0 Å². The van der Waals surface area contributed by atoms with Gasteiger partial charge in [0.05, 0.1) is 33.5 Å². The van der Waals surface area contributed by atoms with E-state index in [9.17, 15) is 35.2 Å². The van der Waals surface area contributed by atoms with Crippen molar-refractivity contribution in [3.63, 3.8) is 0 Å². The minimum atomic E-state index is -3.69. The molecule has 0 aliphatic rings. The Hall–Kier alpha value is -2.97. The first-order chi connectivity index (χ1) is 16.2. The standard InChI is InChI=1S/C10H11ClFNO4S.C10H12FNO4S/c1-2-5-18(16,17)13-7-4-3-6(11)8(9(7)12)10(14)15;1-2-6-17(15,16)12-8-5-3-4-7(9(8)11)10(13)14/h3-4,13H,2,5H2,1H3,(H,14,15);3-5,12H,2,6H2,1H3,(H,13,14). The molecule has 10 nitrogen and oxygen atoms in total. The maximum Gasteiger partial charge on any atom is 0.340 e. The highest BCUT2D eigenvalue weighted by Gasteiger charge is 2.21. The lowest BCUT2D eigenvalue weighted by Crippen LogP contribution is -2.18. The fourth-order valence-electron chi connectivity index (χ4n) is 2.58. The van der Waals surface area contributed by atoms with Crippen molar-refractivity contribution in [2.24, 2.45) is 0 Å². The van der Waals surface area contributed by atoms with Crippen molar-refractivity contribution in [3.8, 4) is 0 Å². The van der Waals surface area contributed by atoms with Crippen LogP contribution in [0.4, 0.5) is 20.2 Å². The van der Waals surface area contributed by atoms with Crippen LogP contribution >= 0.6 is 11.6 Å². The Morgan fingerprint density at radius 3 is 1.74 bits per heavy atom. The van der Waals surface area contributed by atoms with Gasteiger partial charge in [-0.3, -0.25) is 9.44 Å². The minimum Gasteiger partial charge on any atom is -0.478 e. The monoisotopic (exact) mass is 556 g/mol. The molecule has 4 N–H and O–H groups in total. The minimum absolute atomic E-state index is 0.149. The molecule has 0 atom stereocenters. The average molecular weight is 557 g/mol. The normalized spacial score (nSPS) is 11.2. The number of carboxylic acids is 2. The summed E-state index contributed by atoms with van der Waals surface area (Å²) in [5.74, 6) is -5.62. The fraction of sp³-hybridized carbons (Fsp3) is 0.300. The van der Waals surface area contributed by atoms with E-state index in [1.54, 1.807) is 13.8 Å². The summed E-state index contributed by atoms with van der Waals surface area (Å²) >= 11 is 5.53. The number of nitrogens with one attached hydrogen (secondary N) is 2. The largest absolute Gasteiger partial charge is 0.478 e. The van der Waals surface area contributed by atoms with Crippen LogP contribution in [0.2, 0.25) is 5.02 Å². The van der Waals surface area contributed by atoms with E-state index in [-0.39, 0.29) is 22.2 Å². The molecule has 35 heavy (non-hydrogen) atoms. The molecule has 0 radical (unpaired) electrons. The van der Waals surface area contributed by atoms with E-state index in [1.165, 1.54) is 12.1 Å². The second-order valence-electron chi connectivity index (χ2n) is 6.90. The average Bonchev–Trinajstić information content (AvgIpc) is 2.71. The Morgan fingerprint density at radius 1 is 0.829 bits per heavy atom. The van der Waals surface area contributed by atoms with E-state index >= 15 is 0 Å². The molecule has 0 saturated heterocycles. The molecule has 0 bridgehead atoms. The SMILES string of the molecule is CCCS(=O)(=O)Nc1ccc(Cl)c(C(=O)O)c1F.CCCS(=O)(=O)Nc1cccc(C(=O)O)c1F. The van der Waals surface area contributed by atoms with Gasteiger partial charge in [-0.2, -0.15) is 0 Å². The Balaban J connectivity index is 0.000000351. The summed E-state index contributed by atoms with van der Waals surface area (Å²) in [7, 11) is -7.32. The first kappa shape index (κ1) is 30.1. The smallest absolute Gasteiger partial charge is 0.340 e. The Labute approximate surface area is 206 Å². The molecule has 0 aliphatic heterocycles. The molecule has 2 aromatic rings. The zero-order valence-corrected chi connectivity index (χ0v) is 20.9. The first-order valence-electron chi connectivity index (χ1n) is 9.89. The van der Waals surface area contributed by atoms with Crippen molar-refractivity contribution >= 4 is 55.0 Å². The van der Waals surface area contributed by atoms with Crippen molar-refractivity contribution < 1.29 is 45.4 Å². The van der Waals surface area contributed by atoms with Gasteiger partial charge in [0.1, 0.15) is 5.56 Å². The summed E-state index contributed by atoms with van der Waals surface area (Å²) in [6.07, 6.45) is 0.742. The second-order valence-corrected chi connectivity index (χ2v) is 11.0. The maximum atomic E-state index is 13.8. The van der Waals surface area contributed by atoms with E-state index in [4.69, 9.17) is 21.8 Å². The Morgan fingerprint density at radius 2 is 1.31 bits per heavy atom. The van der Waals surface area contributed by atoms with Gasteiger partial charge < -0.3 is 10.2 Å². The van der Waals surface area contributed by atoms with Crippen LogP contribution in [0, 0.1) is 11.6 Å². The molecule has 0 heterocycles. The summed E-state index contributed by atoms with van der Waals surface area (Å²) < 4.78 is 77.1. The molecule has 0 unspecified atom stereocenters. The number of benzene rings is 2. The zero-order valence-electron chi connectivity index (χ0n) is 18.5. The van der Waals surface area contributed by atoms with Crippen LogP contribution in [0.15, 0.2) is 30.3 Å². The molecule has 0 aromatic heterocycles. The van der Waals surface area contributed by atoms with Crippen LogP contribution in [0.25, 0.3) is 0 Å². The van der Waals surface area contributed by atoms with Gasteiger partial charge in [-0.1, -0.05) is 31.5 Å². The number of hydrogen-bond acceptors (Lipinski definition) is 6. The fourth-order valence-corrected chi connectivity index (χ4v) is 5.07. The lowest BCUT2D eigenvalue weighted by atomic mass is 10.2. The maximum absolute atomic E-state index is 13.8. The van der Waals surface area contributed by atoms with E-state index in [1.807, 2.05) is 9.44 Å². The van der Waals surface area contributed by atoms with Crippen molar-refractivity contribution in [3.05, 3.63) is 58.1 Å². The number of hydrogen-bond donors (Lipinski definition) is 4. The Kier molecular flexibility index (Phi) is 10.9. The van der Waals surface area contributed by atoms with Gasteiger partial charge in [0.15, 0.2) is 11.6 Å². The number of carboxylic acid groups (broad SMARTS) is 2. The summed E-state index contributed by atoms with van der Waals surface area (Å²) in [5.41, 5.74) is -2.10. The highest BCUT2D eigenvalue weighted by atomic mass is 35.5. The lowest BCUT2D eigenvalue weighted by Gasteiger charge is -2.10. The van der Waals surface area contributed by atoms with E-state index in [0.717, 1.165) is 18.2 Å². The van der Waals surface area contributed by atoms with Gasteiger partial charge in [0.25, 0.3) is 0 Å². The summed E-state index contributed by atoms with van der Waals surface area (Å²) in [6, 6.07) is 5.72. The number of anilines is 2. The molecule has 194 valence electrons. The van der Waals surface area contributed by atoms with Gasteiger partial charge in [-0.25, -0.2) is 35.2 Å². The Bertz CT molecular complexity index is 1300. The number of carbonyl (C=O) groups is 2. The predicted molar refractivity (Wildman–Crippen MR) is 127 cm³/mol. The third kappa shape index (κ3) is 8.96. The first-order valence-corrected chi connectivity index (χ1v) is 13.6. The topological polar surface area (TPSA) is 167 Å². The van der Waals surface area contributed by atoms with Crippen LogP contribution in [-0.2, 0) is 20.0 Å². The van der Waals surface area contributed by atoms with Crippen molar-refractivity contribution in [1.82, 2.24) is 0 Å². The third-order valence-electron chi connectivity index (χ3n) is 4.01. The van der Waals surface area contributed by atoms with E-state index in [0.29, 0.717) is 12.8 Å². The van der Waals surface area contributed by atoms with Crippen molar-refractivity contribution in [1.29, 1.82) is 0 Å². The predicted octanol–water partition coefficient (Wildman–Crippen LogP) is 4.00. The van der Waals surface area contributed by atoms with Gasteiger partial charge in [0, 0.05) is 0 Å². The molecule has 15 heteroatoms. The number of rotatable bonds is 10. The van der Waals surface area contributed by atoms with Crippen molar-refractivity contribution in [2.75, 3.05) is 20.9 Å². The van der Waals surface area contributed by atoms with Crippen LogP contribution in [0.1, 0.15) is 47.4 Å². The molecule has 2 aromatic carbocycles.